The second-order valence-corrected chi connectivity index (χ2v) is 17.6. The van der Waals surface area contributed by atoms with Crippen molar-refractivity contribution in [2.45, 2.75) is 77.9 Å². The van der Waals surface area contributed by atoms with Crippen LogP contribution in [0.4, 0.5) is 5.69 Å². The Morgan fingerprint density at radius 3 is 2.17 bits per heavy atom. The Labute approximate surface area is 239 Å². The Morgan fingerprint density at radius 2 is 1.57 bits per heavy atom. The van der Waals surface area contributed by atoms with Gasteiger partial charge in [0, 0.05) is 53.1 Å². The van der Waals surface area contributed by atoms with Crippen LogP contribution in [0.25, 0.3) is 33.3 Å². The molecule has 210 valence electrons. The fraction of sp³-hybridized carbons (Fsp3) is 0.424. The van der Waals surface area contributed by atoms with Gasteiger partial charge in [0.05, 0.1) is 12.8 Å². The zero-order valence-electron chi connectivity index (χ0n) is 24.9. The minimum absolute atomic E-state index is 0.202. The molecule has 1 amide bonds. The number of fused-ring (bicyclic) bond motifs is 1. The summed E-state index contributed by atoms with van der Waals surface area (Å²) in [6, 6.07) is 12.7. The number of carbonyl (C=O) groups excluding carboxylic acids is 1. The zero-order chi connectivity index (χ0) is 28.6. The maximum Gasteiger partial charge on any atom is 0.227 e. The molecule has 4 aromatic rings. The van der Waals surface area contributed by atoms with Crippen LogP contribution in [0.15, 0.2) is 61.2 Å². The predicted molar refractivity (Wildman–Crippen MR) is 168 cm³/mol. The predicted octanol–water partition coefficient (Wildman–Crippen LogP) is 8.31. The molecule has 0 atom stereocenters. The summed E-state index contributed by atoms with van der Waals surface area (Å²) in [5.74, 6) is 0.980. The highest BCUT2D eigenvalue weighted by atomic mass is 28.3. The molecule has 1 aliphatic rings. The molecule has 3 aromatic heterocycles. The molecule has 0 radical (unpaired) electrons. The topological polar surface area (TPSA) is 60.2 Å². The van der Waals surface area contributed by atoms with E-state index in [4.69, 9.17) is 9.72 Å². The van der Waals surface area contributed by atoms with Gasteiger partial charge in [-0.3, -0.25) is 9.78 Å². The molecule has 5 rings (SSSR count). The van der Waals surface area contributed by atoms with Gasteiger partial charge in [-0.25, -0.2) is 4.98 Å². The summed E-state index contributed by atoms with van der Waals surface area (Å²) in [5.41, 5.74) is 7.81. The van der Waals surface area contributed by atoms with Crippen LogP contribution in [0.5, 0.6) is 5.75 Å². The summed E-state index contributed by atoms with van der Waals surface area (Å²) >= 11 is 0. The van der Waals surface area contributed by atoms with Gasteiger partial charge in [0.2, 0.25) is 5.91 Å². The van der Waals surface area contributed by atoms with Crippen molar-refractivity contribution in [3.8, 4) is 28.0 Å². The van der Waals surface area contributed by atoms with Crippen LogP contribution in [-0.2, 0) is 4.79 Å². The van der Waals surface area contributed by atoms with E-state index in [1.807, 2.05) is 42.5 Å². The van der Waals surface area contributed by atoms with E-state index in [0.717, 1.165) is 57.7 Å². The minimum atomic E-state index is -1.99. The van der Waals surface area contributed by atoms with Gasteiger partial charge in [0.1, 0.15) is 11.4 Å². The van der Waals surface area contributed by atoms with E-state index < -0.39 is 8.24 Å². The van der Waals surface area contributed by atoms with E-state index in [-0.39, 0.29) is 5.91 Å². The molecule has 0 unspecified atom stereocenters. The quantitative estimate of drug-likeness (QED) is 0.195. The van der Waals surface area contributed by atoms with Crippen LogP contribution in [0, 0.1) is 0 Å². The number of amides is 1. The molecule has 1 saturated heterocycles. The molecule has 1 aliphatic heterocycles. The molecular weight excluding hydrogens is 512 g/mol. The number of carbonyl (C=O) groups is 1. The molecular formula is C33H42N4O2Si. The maximum absolute atomic E-state index is 12.2. The lowest BCUT2D eigenvalue weighted by Gasteiger charge is -2.44. The van der Waals surface area contributed by atoms with Gasteiger partial charge in [-0.05, 0) is 66.0 Å². The molecule has 0 bridgehead atoms. The Hall–Kier alpha value is -3.45. The smallest absolute Gasteiger partial charge is 0.227 e. The first-order valence-electron chi connectivity index (χ1n) is 14.7. The zero-order valence-corrected chi connectivity index (χ0v) is 25.9. The van der Waals surface area contributed by atoms with E-state index in [1.165, 1.54) is 0 Å². The number of hydrogen-bond donors (Lipinski definition) is 0. The van der Waals surface area contributed by atoms with Gasteiger partial charge in [-0.2, -0.15) is 0 Å². The van der Waals surface area contributed by atoms with E-state index in [2.05, 4.69) is 81.2 Å². The Morgan fingerprint density at radius 1 is 0.900 bits per heavy atom. The molecule has 7 heteroatoms. The van der Waals surface area contributed by atoms with Crippen LogP contribution in [0.3, 0.4) is 0 Å². The fourth-order valence-corrected chi connectivity index (χ4v) is 13.8. The molecule has 0 spiro atoms. The fourth-order valence-electron chi connectivity index (χ4n) is 7.27. The highest BCUT2D eigenvalue weighted by Crippen LogP contribution is 2.46. The first kappa shape index (κ1) is 28.1. The third-order valence-corrected chi connectivity index (χ3v) is 15.5. The number of rotatable bonds is 9. The number of aromatic nitrogens is 3. The highest BCUT2D eigenvalue weighted by molar-refractivity contribution is 6.82. The van der Waals surface area contributed by atoms with Crippen molar-refractivity contribution >= 4 is 30.9 Å². The van der Waals surface area contributed by atoms with Crippen LogP contribution >= 0.6 is 0 Å². The first-order valence-corrected chi connectivity index (χ1v) is 16.9. The number of nitrogens with zero attached hydrogens (tertiary/aromatic N) is 4. The summed E-state index contributed by atoms with van der Waals surface area (Å²) in [5, 5.41) is 1.10. The van der Waals surface area contributed by atoms with Crippen molar-refractivity contribution < 1.29 is 9.53 Å². The van der Waals surface area contributed by atoms with Gasteiger partial charge in [0.15, 0.2) is 8.24 Å². The standard InChI is InChI=1S/C33H42N4O2Si/c1-8-39-30-21-35-33-29(15-17-37(33)40(22(2)3,23(4)5)24(6)7)32(30)27-18-26(19-34-20-27)25-11-13-28(14-12-25)36-16-9-10-31(36)38/h11-15,17-24H,8-10,16H2,1-7H3. The van der Waals surface area contributed by atoms with E-state index in [0.29, 0.717) is 29.7 Å². The van der Waals surface area contributed by atoms with Gasteiger partial charge < -0.3 is 13.9 Å². The van der Waals surface area contributed by atoms with E-state index in [9.17, 15) is 4.79 Å². The molecule has 40 heavy (non-hydrogen) atoms. The Balaban J connectivity index is 1.63. The third kappa shape index (κ3) is 4.64. The number of benzene rings is 1. The molecule has 0 aliphatic carbocycles. The van der Waals surface area contributed by atoms with Crippen molar-refractivity contribution in [3.63, 3.8) is 0 Å². The Kier molecular flexibility index (Phi) is 7.86. The van der Waals surface area contributed by atoms with Crippen molar-refractivity contribution in [3.05, 3.63) is 61.2 Å². The van der Waals surface area contributed by atoms with Gasteiger partial charge in [-0.1, -0.05) is 53.7 Å². The van der Waals surface area contributed by atoms with Crippen molar-refractivity contribution in [2.75, 3.05) is 18.1 Å². The average molecular weight is 555 g/mol. The van der Waals surface area contributed by atoms with E-state index in [1.54, 1.807) is 0 Å². The lowest BCUT2D eigenvalue weighted by Crippen LogP contribution is -2.51. The molecule has 1 fully saturated rings. The second kappa shape index (κ2) is 11.2. The van der Waals surface area contributed by atoms with Gasteiger partial charge in [0.25, 0.3) is 0 Å². The number of anilines is 1. The number of hydrogen-bond acceptors (Lipinski definition) is 4. The second-order valence-electron chi connectivity index (χ2n) is 11.9. The summed E-state index contributed by atoms with van der Waals surface area (Å²) in [4.78, 5) is 23.7. The molecule has 1 aromatic carbocycles. The largest absolute Gasteiger partial charge is 0.492 e. The summed E-state index contributed by atoms with van der Waals surface area (Å²) in [6.07, 6.45) is 9.55. The van der Waals surface area contributed by atoms with E-state index >= 15 is 0 Å². The molecule has 4 heterocycles. The third-order valence-electron chi connectivity index (χ3n) is 8.78. The lowest BCUT2D eigenvalue weighted by atomic mass is 10.00. The average Bonchev–Trinajstić information content (AvgIpc) is 3.55. The minimum Gasteiger partial charge on any atom is -0.492 e. The van der Waals surface area contributed by atoms with Crippen molar-refractivity contribution in [1.82, 2.24) is 14.2 Å². The SMILES string of the molecule is CCOc1cnc2c(ccn2[Si](C(C)C)(C(C)C)C(C)C)c1-c1cncc(-c2ccc(N3CCCC3=O)cc2)c1. The molecule has 6 nitrogen and oxygen atoms in total. The maximum atomic E-state index is 12.2. The normalized spacial score (nSPS) is 14.3. The highest BCUT2D eigenvalue weighted by Gasteiger charge is 2.46. The Bertz CT molecular complexity index is 1490. The molecule has 0 N–H and O–H groups in total. The summed E-state index contributed by atoms with van der Waals surface area (Å²) < 4.78 is 8.69. The lowest BCUT2D eigenvalue weighted by molar-refractivity contribution is -0.117. The van der Waals surface area contributed by atoms with Crippen molar-refractivity contribution in [1.29, 1.82) is 0 Å². The van der Waals surface area contributed by atoms with Gasteiger partial charge in [-0.15, -0.1) is 0 Å². The van der Waals surface area contributed by atoms with Crippen molar-refractivity contribution in [2.24, 2.45) is 0 Å². The van der Waals surface area contributed by atoms with Crippen LogP contribution in [0.2, 0.25) is 16.6 Å². The summed E-state index contributed by atoms with van der Waals surface area (Å²) in [6.45, 7) is 17.6. The number of ether oxygens (including phenoxy) is 1. The number of pyridine rings is 2. The van der Waals surface area contributed by atoms with Gasteiger partial charge >= 0.3 is 0 Å². The first-order chi connectivity index (χ1) is 19.2. The van der Waals surface area contributed by atoms with Crippen LogP contribution in [0.1, 0.15) is 61.3 Å². The summed E-state index contributed by atoms with van der Waals surface area (Å²) in [7, 11) is -1.99. The van der Waals surface area contributed by atoms with Crippen LogP contribution in [-0.4, -0.2) is 41.5 Å². The monoisotopic (exact) mass is 554 g/mol. The van der Waals surface area contributed by atoms with Crippen LogP contribution < -0.4 is 9.64 Å². The molecule has 0 saturated carbocycles.